The Kier molecular flexibility index (Phi) is 5.00. The van der Waals surface area contributed by atoms with E-state index in [1.807, 2.05) is 0 Å². The summed E-state index contributed by atoms with van der Waals surface area (Å²) < 4.78 is 10.8. The van der Waals surface area contributed by atoms with Crippen molar-refractivity contribution in [3.8, 4) is 0 Å². The third-order valence-corrected chi connectivity index (χ3v) is 6.43. The first-order chi connectivity index (χ1) is 5.51. The maximum Gasteiger partial charge on any atom is 0.379 e. The molecule has 0 aromatic rings. The Balaban J connectivity index is 4.51. The summed E-state index contributed by atoms with van der Waals surface area (Å²) in [6, 6.07) is 0. The van der Waals surface area contributed by atoms with Crippen LogP contribution in [0.5, 0.6) is 0 Å². The van der Waals surface area contributed by atoms with Gasteiger partial charge in [-0.2, -0.15) is 0 Å². The molecule has 0 radical (unpaired) electrons. The molecule has 0 bridgehead atoms. The lowest BCUT2D eigenvalue weighted by Crippen LogP contribution is -2.47. The quantitative estimate of drug-likeness (QED) is 0.380. The van der Waals surface area contributed by atoms with Gasteiger partial charge in [-0.1, -0.05) is 27.7 Å². The summed E-state index contributed by atoms with van der Waals surface area (Å²) in [6.45, 7) is 8.42. The van der Waals surface area contributed by atoms with E-state index in [4.69, 9.17) is 13.9 Å². The summed E-state index contributed by atoms with van der Waals surface area (Å²) in [5.41, 5.74) is 0.782. The minimum atomic E-state index is -2.15. The molecule has 3 nitrogen and oxygen atoms in total. The van der Waals surface area contributed by atoms with E-state index in [2.05, 4.69) is 27.7 Å². The van der Waals surface area contributed by atoms with E-state index in [1.54, 1.807) is 7.11 Å². The second-order valence-corrected chi connectivity index (χ2v) is 7.81. The largest absolute Gasteiger partial charge is 0.396 e. The summed E-state index contributed by atoms with van der Waals surface area (Å²) in [7, 11) is 1.09. The molecule has 0 amide bonds. The summed E-state index contributed by atoms with van der Waals surface area (Å²) >= 11 is 0. The second-order valence-electron chi connectivity index (χ2n) is 3.48. The van der Waals surface area contributed by atoms with E-state index in [0.717, 1.165) is 0 Å². The molecule has 4 heteroatoms. The van der Waals surface area contributed by atoms with Crippen LogP contribution in [0.2, 0.25) is 11.1 Å². The van der Waals surface area contributed by atoms with Crippen LogP contribution >= 0.6 is 0 Å². The van der Waals surface area contributed by atoms with Crippen molar-refractivity contribution in [2.75, 3.05) is 14.2 Å². The molecule has 0 saturated heterocycles. The van der Waals surface area contributed by atoms with Crippen LogP contribution < -0.4 is 0 Å². The van der Waals surface area contributed by atoms with Gasteiger partial charge in [-0.05, 0) is 11.1 Å². The highest BCUT2D eigenvalue weighted by Crippen LogP contribution is 2.33. The van der Waals surface area contributed by atoms with E-state index in [1.165, 1.54) is 7.11 Å². The highest BCUT2D eigenvalue weighted by molar-refractivity contribution is 6.69. The average Bonchev–Trinajstić information content (AvgIpc) is 1.98. The Morgan fingerprint density at radius 3 is 1.42 bits per heavy atom. The molecule has 0 aromatic carbocycles. The molecule has 0 heterocycles. The smallest absolute Gasteiger partial charge is 0.379 e. The molecule has 0 unspecified atom stereocenters. The van der Waals surface area contributed by atoms with Crippen LogP contribution in [0.1, 0.15) is 27.7 Å². The average molecular weight is 192 g/mol. The predicted molar refractivity (Wildman–Crippen MR) is 51.1 cm³/mol. The molecule has 0 rings (SSSR count). The third-order valence-electron chi connectivity index (χ3n) is 2.14. The van der Waals surface area contributed by atoms with Crippen LogP contribution in [0.15, 0.2) is 0 Å². The molecular formula is C8H20O3Si. The fraction of sp³-hybridized carbons (Fsp3) is 1.00. The monoisotopic (exact) mass is 192 g/mol. The molecule has 74 valence electrons. The van der Waals surface area contributed by atoms with Crippen molar-refractivity contribution in [3.05, 3.63) is 0 Å². The Morgan fingerprint density at radius 2 is 1.33 bits per heavy atom. The third kappa shape index (κ3) is 2.29. The second kappa shape index (κ2) is 4.96. The van der Waals surface area contributed by atoms with Crippen molar-refractivity contribution in [2.24, 2.45) is 0 Å². The van der Waals surface area contributed by atoms with Crippen molar-refractivity contribution in [1.29, 1.82) is 0 Å². The van der Waals surface area contributed by atoms with Crippen molar-refractivity contribution in [1.82, 2.24) is 0 Å². The molecular weight excluding hydrogens is 172 g/mol. The van der Waals surface area contributed by atoms with Gasteiger partial charge < -0.3 is 4.43 Å². The minimum Gasteiger partial charge on any atom is -0.396 e. The van der Waals surface area contributed by atoms with Gasteiger partial charge in [0.15, 0.2) is 0 Å². The number of hydrogen-bond acceptors (Lipinski definition) is 3. The standard InChI is InChI=1S/C8H20O3Si/c1-7(2)12(10-6,8(3)4)11-9-5/h7-8H,1-6H3. The fourth-order valence-electron chi connectivity index (χ4n) is 1.49. The van der Waals surface area contributed by atoms with Crippen molar-refractivity contribution in [3.63, 3.8) is 0 Å². The van der Waals surface area contributed by atoms with E-state index in [-0.39, 0.29) is 0 Å². The number of hydrogen-bond donors (Lipinski definition) is 0. The molecule has 0 N–H and O–H groups in total. The molecule has 0 fully saturated rings. The van der Waals surface area contributed by atoms with Gasteiger partial charge in [0.25, 0.3) is 0 Å². The normalized spacial score (nSPS) is 13.0. The van der Waals surface area contributed by atoms with E-state index < -0.39 is 8.56 Å². The van der Waals surface area contributed by atoms with Gasteiger partial charge in [-0.15, -0.1) is 0 Å². The molecule has 0 aliphatic heterocycles. The first-order valence-corrected chi connectivity index (χ1v) is 6.25. The van der Waals surface area contributed by atoms with Crippen LogP contribution in [0.4, 0.5) is 0 Å². The van der Waals surface area contributed by atoms with Gasteiger partial charge >= 0.3 is 8.56 Å². The molecule has 0 saturated carbocycles. The molecule has 0 aliphatic carbocycles. The van der Waals surface area contributed by atoms with Gasteiger partial charge in [0.05, 0.1) is 7.11 Å². The van der Waals surface area contributed by atoms with E-state index in [9.17, 15) is 0 Å². The Bertz CT molecular complexity index is 117. The highest BCUT2D eigenvalue weighted by Gasteiger charge is 2.45. The summed E-state index contributed by atoms with van der Waals surface area (Å²) in [4.78, 5) is 4.76. The molecule has 0 aromatic heterocycles. The van der Waals surface area contributed by atoms with Crippen LogP contribution in [0, 0.1) is 0 Å². The summed E-state index contributed by atoms with van der Waals surface area (Å²) in [5, 5.41) is 0. The Hall–Kier alpha value is 0.0969. The minimum absolute atomic E-state index is 0.391. The van der Waals surface area contributed by atoms with Crippen LogP contribution in [0.3, 0.4) is 0 Å². The van der Waals surface area contributed by atoms with Crippen molar-refractivity contribution in [2.45, 2.75) is 38.8 Å². The van der Waals surface area contributed by atoms with Crippen LogP contribution in [0.25, 0.3) is 0 Å². The maximum atomic E-state index is 5.49. The first kappa shape index (κ1) is 12.1. The van der Waals surface area contributed by atoms with E-state index in [0.29, 0.717) is 11.1 Å². The predicted octanol–water partition coefficient (Wildman–Crippen LogP) is 2.47. The van der Waals surface area contributed by atoms with Crippen LogP contribution in [-0.4, -0.2) is 22.8 Å². The zero-order chi connectivity index (χ0) is 9.78. The lowest BCUT2D eigenvalue weighted by atomic mass is 10.5. The summed E-state index contributed by atoms with van der Waals surface area (Å²) in [6.07, 6.45) is 0. The lowest BCUT2D eigenvalue weighted by molar-refractivity contribution is -0.209. The van der Waals surface area contributed by atoms with Gasteiger partial charge in [0, 0.05) is 7.11 Å². The molecule has 0 spiro atoms. The number of rotatable bonds is 5. The Morgan fingerprint density at radius 1 is 0.917 bits per heavy atom. The molecule has 0 aliphatic rings. The van der Waals surface area contributed by atoms with Crippen LogP contribution in [-0.2, 0) is 13.9 Å². The van der Waals surface area contributed by atoms with Gasteiger partial charge in [-0.25, -0.2) is 4.89 Å². The topological polar surface area (TPSA) is 27.7 Å². The fourth-order valence-corrected chi connectivity index (χ4v) is 4.48. The molecule has 12 heavy (non-hydrogen) atoms. The van der Waals surface area contributed by atoms with Crippen molar-refractivity contribution < 1.29 is 13.9 Å². The zero-order valence-electron chi connectivity index (χ0n) is 8.88. The van der Waals surface area contributed by atoms with Crippen molar-refractivity contribution >= 4 is 8.56 Å². The summed E-state index contributed by atoms with van der Waals surface area (Å²) in [5.74, 6) is 0. The highest BCUT2D eigenvalue weighted by atomic mass is 28.4. The zero-order valence-corrected chi connectivity index (χ0v) is 9.88. The van der Waals surface area contributed by atoms with Gasteiger partial charge in [-0.3, -0.25) is 4.58 Å². The molecule has 0 atom stereocenters. The van der Waals surface area contributed by atoms with E-state index >= 15 is 0 Å². The Labute approximate surface area is 76.2 Å². The SMILES string of the molecule is COO[Si](OC)(C(C)C)C(C)C. The first-order valence-electron chi connectivity index (χ1n) is 4.28. The van der Waals surface area contributed by atoms with Gasteiger partial charge in [0.2, 0.25) is 0 Å². The maximum absolute atomic E-state index is 5.49. The van der Waals surface area contributed by atoms with Gasteiger partial charge in [0.1, 0.15) is 0 Å². The lowest BCUT2D eigenvalue weighted by Gasteiger charge is -2.33.